The van der Waals surface area contributed by atoms with Crippen molar-refractivity contribution in [2.45, 2.75) is 25.0 Å². The third-order valence-corrected chi connectivity index (χ3v) is 2.28. The van der Waals surface area contributed by atoms with Gasteiger partial charge in [-0.25, -0.2) is 0 Å². The van der Waals surface area contributed by atoms with Crippen LogP contribution < -0.4 is 10.5 Å². The minimum Gasteiger partial charge on any atom is -0.406 e. The number of nitrogens with two attached hydrogens (primary N) is 1. The van der Waals surface area contributed by atoms with Crippen LogP contribution in [0.1, 0.15) is 18.1 Å². The molecule has 0 spiro atoms. The number of rotatable bonds is 5. The number of hydrogen-bond acceptors (Lipinski definition) is 4. The Bertz CT molecular complexity index is 367. The number of benzene rings is 1. The zero-order chi connectivity index (χ0) is 13.8. The zero-order valence-corrected chi connectivity index (χ0v) is 9.39. The van der Waals surface area contributed by atoms with E-state index in [2.05, 4.69) is 4.74 Å². The topological polar surface area (TPSA) is 75.7 Å². The van der Waals surface area contributed by atoms with E-state index in [-0.39, 0.29) is 18.7 Å². The highest BCUT2D eigenvalue weighted by molar-refractivity contribution is 5.29. The third kappa shape index (κ3) is 4.52. The molecular formula is C11H14F3NO3. The Morgan fingerprint density at radius 1 is 1.17 bits per heavy atom. The second kappa shape index (κ2) is 6.03. The van der Waals surface area contributed by atoms with Gasteiger partial charge < -0.3 is 20.7 Å². The fourth-order valence-electron chi connectivity index (χ4n) is 1.42. The average molecular weight is 265 g/mol. The van der Waals surface area contributed by atoms with Crippen LogP contribution >= 0.6 is 0 Å². The summed E-state index contributed by atoms with van der Waals surface area (Å²) in [4.78, 5) is 0. The molecule has 0 heterocycles. The van der Waals surface area contributed by atoms with Gasteiger partial charge in [0, 0.05) is 0 Å². The van der Waals surface area contributed by atoms with E-state index in [1.807, 2.05) is 0 Å². The molecule has 1 aromatic rings. The highest BCUT2D eigenvalue weighted by Crippen LogP contribution is 2.25. The molecule has 0 bridgehead atoms. The Kier molecular flexibility index (Phi) is 4.94. The summed E-state index contributed by atoms with van der Waals surface area (Å²) < 4.78 is 39.4. The van der Waals surface area contributed by atoms with Gasteiger partial charge in [0.25, 0.3) is 0 Å². The van der Waals surface area contributed by atoms with Gasteiger partial charge in [-0.2, -0.15) is 0 Å². The molecule has 2 unspecified atom stereocenters. The first-order valence-electron chi connectivity index (χ1n) is 5.25. The lowest BCUT2D eigenvalue weighted by molar-refractivity contribution is -0.274. The molecule has 0 saturated carbocycles. The van der Waals surface area contributed by atoms with Crippen LogP contribution in [0.25, 0.3) is 0 Å². The van der Waals surface area contributed by atoms with Crippen LogP contribution in [0, 0.1) is 0 Å². The summed E-state index contributed by atoms with van der Waals surface area (Å²) in [5.41, 5.74) is 5.52. The van der Waals surface area contributed by atoms with Crippen LogP contribution in [0.5, 0.6) is 5.75 Å². The number of alkyl halides is 3. The van der Waals surface area contributed by atoms with Crippen molar-refractivity contribution in [1.29, 1.82) is 0 Å². The number of halogens is 3. The van der Waals surface area contributed by atoms with E-state index in [0.717, 1.165) is 12.1 Å². The van der Waals surface area contributed by atoms with E-state index < -0.39 is 18.6 Å². The molecule has 18 heavy (non-hydrogen) atoms. The van der Waals surface area contributed by atoms with E-state index in [4.69, 9.17) is 5.73 Å². The minimum absolute atomic E-state index is 0.196. The van der Waals surface area contributed by atoms with Gasteiger partial charge in [0.2, 0.25) is 0 Å². The van der Waals surface area contributed by atoms with Crippen molar-refractivity contribution in [3.05, 3.63) is 29.8 Å². The van der Waals surface area contributed by atoms with Crippen molar-refractivity contribution in [3.63, 3.8) is 0 Å². The average Bonchev–Trinajstić information content (AvgIpc) is 2.27. The van der Waals surface area contributed by atoms with Crippen molar-refractivity contribution in [2.24, 2.45) is 5.73 Å². The molecule has 0 amide bonds. The van der Waals surface area contributed by atoms with Crippen LogP contribution in [-0.4, -0.2) is 29.2 Å². The Morgan fingerprint density at radius 3 is 2.17 bits per heavy atom. The molecule has 102 valence electrons. The Balaban J connectivity index is 2.70. The monoisotopic (exact) mass is 265 g/mol. The number of ether oxygens (including phenoxy) is 1. The van der Waals surface area contributed by atoms with Crippen molar-refractivity contribution < 1.29 is 28.1 Å². The van der Waals surface area contributed by atoms with Crippen LogP contribution in [0.2, 0.25) is 0 Å². The summed E-state index contributed by atoms with van der Waals surface area (Å²) in [6.07, 6.45) is -6.79. The SMILES string of the molecule is NCCC(O)C(O)c1ccc(OC(F)(F)F)cc1. The smallest absolute Gasteiger partial charge is 0.406 e. The van der Waals surface area contributed by atoms with E-state index >= 15 is 0 Å². The first-order valence-corrected chi connectivity index (χ1v) is 5.25. The van der Waals surface area contributed by atoms with Crippen LogP contribution in [-0.2, 0) is 0 Å². The molecule has 4 N–H and O–H groups in total. The van der Waals surface area contributed by atoms with Crippen molar-refractivity contribution in [1.82, 2.24) is 0 Å². The summed E-state index contributed by atoms with van der Waals surface area (Å²) in [5.74, 6) is -0.383. The molecule has 1 rings (SSSR count). The van der Waals surface area contributed by atoms with Crippen molar-refractivity contribution >= 4 is 0 Å². The maximum Gasteiger partial charge on any atom is 0.573 e. The number of aliphatic hydroxyl groups excluding tert-OH is 2. The Hall–Kier alpha value is -1.31. The molecule has 2 atom stereocenters. The summed E-state index contributed by atoms with van der Waals surface area (Å²) in [6, 6.07) is 4.65. The fourth-order valence-corrected chi connectivity index (χ4v) is 1.42. The highest BCUT2D eigenvalue weighted by atomic mass is 19.4. The first-order chi connectivity index (χ1) is 8.33. The second-order valence-electron chi connectivity index (χ2n) is 3.71. The van der Waals surface area contributed by atoms with E-state index in [1.165, 1.54) is 12.1 Å². The van der Waals surface area contributed by atoms with Gasteiger partial charge in [-0.05, 0) is 30.7 Å². The molecule has 4 nitrogen and oxygen atoms in total. The molecule has 0 saturated heterocycles. The third-order valence-electron chi connectivity index (χ3n) is 2.28. The van der Waals surface area contributed by atoms with Gasteiger partial charge >= 0.3 is 6.36 Å². The van der Waals surface area contributed by atoms with Gasteiger partial charge in [0.1, 0.15) is 11.9 Å². The summed E-state index contributed by atoms with van der Waals surface area (Å²) in [5, 5.41) is 19.2. The lowest BCUT2D eigenvalue weighted by Crippen LogP contribution is -2.22. The van der Waals surface area contributed by atoms with Crippen molar-refractivity contribution in [2.75, 3.05) is 6.54 Å². The fraction of sp³-hybridized carbons (Fsp3) is 0.455. The molecule has 0 radical (unpaired) electrons. The molecule has 0 fully saturated rings. The van der Waals surface area contributed by atoms with Gasteiger partial charge in [0.05, 0.1) is 6.10 Å². The normalized spacial score (nSPS) is 15.2. The minimum atomic E-state index is -4.75. The summed E-state index contributed by atoms with van der Waals surface area (Å²) in [6.45, 7) is 0.202. The molecule has 0 aromatic heterocycles. The quantitative estimate of drug-likeness (QED) is 0.750. The van der Waals surface area contributed by atoms with Crippen LogP contribution in [0.3, 0.4) is 0 Å². The summed E-state index contributed by atoms with van der Waals surface area (Å²) >= 11 is 0. The summed E-state index contributed by atoms with van der Waals surface area (Å²) in [7, 11) is 0. The second-order valence-corrected chi connectivity index (χ2v) is 3.71. The van der Waals surface area contributed by atoms with E-state index in [9.17, 15) is 23.4 Å². The molecular weight excluding hydrogens is 251 g/mol. The predicted molar refractivity (Wildman–Crippen MR) is 57.8 cm³/mol. The first kappa shape index (κ1) is 14.7. The molecule has 7 heteroatoms. The standard InChI is InChI=1S/C11H14F3NO3/c12-11(13,14)18-8-3-1-7(2-4-8)10(17)9(16)5-6-15/h1-4,9-10,16-17H,5-6,15H2. The predicted octanol–water partition coefficient (Wildman–Crippen LogP) is 1.33. The molecule has 1 aromatic carbocycles. The van der Waals surface area contributed by atoms with Gasteiger partial charge in [0.15, 0.2) is 0 Å². The molecule has 0 aliphatic carbocycles. The zero-order valence-electron chi connectivity index (χ0n) is 9.39. The largest absolute Gasteiger partial charge is 0.573 e. The van der Waals surface area contributed by atoms with Crippen molar-refractivity contribution in [3.8, 4) is 5.75 Å². The number of aliphatic hydroxyl groups is 2. The molecule has 0 aliphatic heterocycles. The lowest BCUT2D eigenvalue weighted by atomic mass is 10.0. The maximum atomic E-state index is 11.9. The highest BCUT2D eigenvalue weighted by Gasteiger charge is 2.31. The van der Waals surface area contributed by atoms with E-state index in [1.54, 1.807) is 0 Å². The van der Waals surface area contributed by atoms with Crippen LogP contribution in [0.4, 0.5) is 13.2 Å². The Labute approximate surface area is 102 Å². The lowest BCUT2D eigenvalue weighted by Gasteiger charge is -2.17. The van der Waals surface area contributed by atoms with Gasteiger partial charge in [-0.15, -0.1) is 13.2 Å². The van der Waals surface area contributed by atoms with Gasteiger partial charge in [-0.1, -0.05) is 12.1 Å². The maximum absolute atomic E-state index is 11.9. The molecule has 0 aliphatic rings. The van der Waals surface area contributed by atoms with Gasteiger partial charge in [-0.3, -0.25) is 0 Å². The van der Waals surface area contributed by atoms with Crippen LogP contribution in [0.15, 0.2) is 24.3 Å². The Morgan fingerprint density at radius 2 is 1.72 bits per heavy atom. The van der Waals surface area contributed by atoms with E-state index in [0.29, 0.717) is 5.56 Å². The number of hydrogen-bond donors (Lipinski definition) is 3.